The maximum Gasteiger partial charge on any atom is 0.230 e. The number of nitrogens with zero attached hydrogens (tertiary/aromatic N) is 3. The van der Waals surface area contributed by atoms with Gasteiger partial charge < -0.3 is 9.88 Å². The first-order valence-corrected chi connectivity index (χ1v) is 10.0. The molecule has 1 N–H and O–H groups in total. The molecule has 0 spiro atoms. The van der Waals surface area contributed by atoms with Crippen molar-refractivity contribution in [1.29, 1.82) is 0 Å². The lowest BCUT2D eigenvalue weighted by Gasteiger charge is -2.07. The molecule has 0 unspecified atom stereocenters. The number of amides is 1. The summed E-state index contributed by atoms with van der Waals surface area (Å²) < 4.78 is 15.2. The number of benzene rings is 1. The largest absolute Gasteiger partial charge is 0.351 e. The molecule has 0 saturated heterocycles. The van der Waals surface area contributed by atoms with Gasteiger partial charge in [-0.1, -0.05) is 30.0 Å². The molecule has 2 aromatic heterocycles. The standard InChI is InChI=1S/C18H19FN4OS2/c1-13-9-14(4-5-16(13)19)10-20-17(24)11-26-18-22-21-12-23(18)7-6-15-3-2-8-25-15/h2-5,8-9,12H,6-7,10-11H2,1H3,(H,20,24). The van der Waals surface area contributed by atoms with Gasteiger partial charge in [0.25, 0.3) is 0 Å². The first-order valence-electron chi connectivity index (χ1n) is 8.16. The smallest absolute Gasteiger partial charge is 0.230 e. The summed E-state index contributed by atoms with van der Waals surface area (Å²) >= 11 is 3.09. The van der Waals surface area contributed by atoms with Crippen LogP contribution >= 0.6 is 23.1 Å². The van der Waals surface area contributed by atoms with Crippen molar-refractivity contribution in [3.8, 4) is 0 Å². The third-order valence-electron chi connectivity index (χ3n) is 3.80. The molecular weight excluding hydrogens is 371 g/mol. The van der Waals surface area contributed by atoms with Gasteiger partial charge in [0.2, 0.25) is 5.91 Å². The highest BCUT2D eigenvalue weighted by molar-refractivity contribution is 7.99. The number of hydrogen-bond donors (Lipinski definition) is 1. The van der Waals surface area contributed by atoms with Crippen molar-refractivity contribution < 1.29 is 9.18 Å². The summed E-state index contributed by atoms with van der Waals surface area (Å²) in [6.45, 7) is 2.87. The topological polar surface area (TPSA) is 59.8 Å². The highest BCUT2D eigenvalue weighted by atomic mass is 32.2. The van der Waals surface area contributed by atoms with Gasteiger partial charge in [0.1, 0.15) is 12.1 Å². The molecule has 26 heavy (non-hydrogen) atoms. The van der Waals surface area contributed by atoms with Crippen molar-refractivity contribution in [2.75, 3.05) is 5.75 Å². The highest BCUT2D eigenvalue weighted by Crippen LogP contribution is 2.17. The Hall–Kier alpha value is -2.19. The van der Waals surface area contributed by atoms with E-state index in [0.29, 0.717) is 12.1 Å². The number of nitrogens with one attached hydrogen (secondary N) is 1. The minimum atomic E-state index is -0.238. The molecule has 0 atom stereocenters. The maximum atomic E-state index is 13.3. The van der Waals surface area contributed by atoms with Gasteiger partial charge in [-0.25, -0.2) is 4.39 Å². The van der Waals surface area contributed by atoms with Gasteiger partial charge in [0, 0.05) is 18.0 Å². The molecule has 0 saturated carbocycles. The third-order valence-corrected chi connectivity index (χ3v) is 5.72. The maximum absolute atomic E-state index is 13.3. The summed E-state index contributed by atoms with van der Waals surface area (Å²) in [4.78, 5) is 13.4. The second kappa shape index (κ2) is 8.95. The first-order chi connectivity index (χ1) is 12.6. The lowest BCUT2D eigenvalue weighted by molar-refractivity contribution is -0.118. The fourth-order valence-electron chi connectivity index (χ4n) is 2.39. The van der Waals surface area contributed by atoms with Gasteiger partial charge >= 0.3 is 0 Å². The van der Waals surface area contributed by atoms with Crippen molar-refractivity contribution in [3.05, 3.63) is 63.9 Å². The lowest BCUT2D eigenvalue weighted by Crippen LogP contribution is -2.24. The lowest BCUT2D eigenvalue weighted by atomic mass is 10.1. The average Bonchev–Trinajstić information content (AvgIpc) is 3.30. The molecular formula is C18H19FN4OS2. The Morgan fingerprint density at radius 2 is 2.27 bits per heavy atom. The molecule has 0 bridgehead atoms. The predicted molar refractivity (Wildman–Crippen MR) is 102 cm³/mol. The van der Waals surface area contributed by atoms with Crippen LogP contribution in [0.4, 0.5) is 4.39 Å². The minimum absolute atomic E-state index is 0.0928. The molecule has 0 aliphatic rings. The number of halogens is 1. The van der Waals surface area contributed by atoms with E-state index in [4.69, 9.17) is 0 Å². The fourth-order valence-corrected chi connectivity index (χ4v) is 3.86. The van der Waals surface area contributed by atoms with Gasteiger partial charge in [-0.2, -0.15) is 0 Å². The summed E-state index contributed by atoms with van der Waals surface area (Å²) in [5.41, 5.74) is 1.45. The number of hydrogen-bond acceptors (Lipinski definition) is 5. The van der Waals surface area contributed by atoms with Gasteiger partial charge in [-0.3, -0.25) is 4.79 Å². The van der Waals surface area contributed by atoms with Crippen molar-refractivity contribution in [1.82, 2.24) is 20.1 Å². The van der Waals surface area contributed by atoms with Gasteiger partial charge in [0.15, 0.2) is 5.16 Å². The van der Waals surface area contributed by atoms with Gasteiger partial charge in [0.05, 0.1) is 5.75 Å². The number of carbonyl (C=O) groups is 1. The number of thioether (sulfide) groups is 1. The van der Waals surface area contributed by atoms with E-state index in [-0.39, 0.29) is 17.5 Å². The zero-order valence-corrected chi connectivity index (χ0v) is 15.9. The van der Waals surface area contributed by atoms with Crippen LogP contribution in [0.5, 0.6) is 0 Å². The monoisotopic (exact) mass is 390 g/mol. The van der Waals surface area contributed by atoms with E-state index in [1.54, 1.807) is 36.7 Å². The highest BCUT2D eigenvalue weighted by Gasteiger charge is 2.09. The van der Waals surface area contributed by atoms with E-state index in [2.05, 4.69) is 27.0 Å². The second-order valence-corrected chi connectivity index (χ2v) is 7.76. The summed E-state index contributed by atoms with van der Waals surface area (Å²) in [6, 6.07) is 8.98. The molecule has 5 nitrogen and oxygen atoms in total. The van der Waals surface area contributed by atoms with E-state index in [0.717, 1.165) is 23.7 Å². The zero-order chi connectivity index (χ0) is 18.4. The normalized spacial score (nSPS) is 10.8. The van der Waals surface area contributed by atoms with Crippen molar-refractivity contribution in [2.24, 2.45) is 0 Å². The van der Waals surface area contributed by atoms with E-state index in [1.165, 1.54) is 22.7 Å². The quantitative estimate of drug-likeness (QED) is 0.599. The van der Waals surface area contributed by atoms with Crippen LogP contribution in [0.3, 0.4) is 0 Å². The van der Waals surface area contributed by atoms with E-state index >= 15 is 0 Å². The predicted octanol–water partition coefficient (Wildman–Crippen LogP) is 3.44. The molecule has 0 aliphatic carbocycles. The number of aryl methyl sites for hydroxylation is 3. The summed E-state index contributed by atoms with van der Waals surface area (Å²) in [6.07, 6.45) is 2.61. The van der Waals surface area contributed by atoms with Crippen LogP contribution in [0.2, 0.25) is 0 Å². The zero-order valence-electron chi connectivity index (χ0n) is 14.3. The number of aromatic nitrogens is 3. The van der Waals surface area contributed by atoms with Crippen LogP contribution in [0.25, 0.3) is 0 Å². The van der Waals surface area contributed by atoms with E-state index < -0.39 is 0 Å². The molecule has 0 aliphatic heterocycles. The van der Waals surface area contributed by atoms with Gasteiger partial charge in [-0.15, -0.1) is 21.5 Å². The van der Waals surface area contributed by atoms with Crippen LogP contribution in [-0.4, -0.2) is 26.4 Å². The van der Waals surface area contributed by atoms with Gasteiger partial charge in [-0.05, 0) is 42.0 Å². The fraction of sp³-hybridized carbons (Fsp3) is 0.278. The Bertz CT molecular complexity index is 864. The minimum Gasteiger partial charge on any atom is -0.351 e. The molecule has 2 heterocycles. The van der Waals surface area contributed by atoms with Crippen LogP contribution in [0, 0.1) is 12.7 Å². The molecule has 1 amide bonds. The molecule has 136 valence electrons. The van der Waals surface area contributed by atoms with E-state index in [9.17, 15) is 9.18 Å². The van der Waals surface area contributed by atoms with Crippen LogP contribution < -0.4 is 5.32 Å². The first kappa shape index (κ1) is 18.6. The molecule has 3 rings (SSSR count). The molecule has 0 fully saturated rings. The number of thiophene rings is 1. The van der Waals surface area contributed by atoms with Crippen LogP contribution in [-0.2, 0) is 24.3 Å². The van der Waals surface area contributed by atoms with Crippen molar-refractivity contribution in [3.63, 3.8) is 0 Å². The van der Waals surface area contributed by atoms with E-state index in [1.807, 2.05) is 10.6 Å². The summed E-state index contributed by atoms with van der Waals surface area (Å²) in [5.74, 6) is -0.0694. The molecule has 1 aromatic carbocycles. The SMILES string of the molecule is Cc1cc(CNC(=O)CSc2nncn2CCc2cccs2)ccc1F. The molecule has 3 aromatic rings. The Morgan fingerprint density at radius 1 is 1.38 bits per heavy atom. The van der Waals surface area contributed by atoms with Crippen molar-refractivity contribution in [2.45, 2.75) is 31.6 Å². The number of carbonyl (C=O) groups excluding carboxylic acids is 1. The Kier molecular flexibility index (Phi) is 6.40. The third kappa shape index (κ3) is 5.15. The second-order valence-electron chi connectivity index (χ2n) is 5.79. The Balaban J connectivity index is 1.45. The number of rotatable bonds is 8. The van der Waals surface area contributed by atoms with Crippen LogP contribution in [0.15, 0.2) is 47.2 Å². The molecule has 8 heteroatoms. The van der Waals surface area contributed by atoms with Crippen LogP contribution in [0.1, 0.15) is 16.0 Å². The Morgan fingerprint density at radius 3 is 3.04 bits per heavy atom. The summed E-state index contributed by atoms with van der Waals surface area (Å²) in [7, 11) is 0. The van der Waals surface area contributed by atoms with Crippen molar-refractivity contribution >= 4 is 29.0 Å². The Labute approximate surface area is 159 Å². The molecule has 0 radical (unpaired) electrons. The summed E-state index contributed by atoms with van der Waals surface area (Å²) in [5, 5.41) is 13.7. The average molecular weight is 391 g/mol.